The monoisotopic (exact) mass is 533 g/mol. The second kappa shape index (κ2) is 9.71. The molecule has 4 N–H and O–H groups in total. The zero-order valence-electron chi connectivity index (χ0n) is 20.5. The molecule has 5 aromatic rings. The third-order valence-electron chi connectivity index (χ3n) is 5.85. The maximum absolute atomic E-state index is 13.3. The highest BCUT2D eigenvalue weighted by Crippen LogP contribution is 2.40. The predicted octanol–water partition coefficient (Wildman–Crippen LogP) is 3.61. The van der Waals surface area contributed by atoms with E-state index in [4.69, 9.17) is 4.42 Å². The van der Waals surface area contributed by atoms with Crippen molar-refractivity contribution in [2.24, 2.45) is 7.05 Å². The molecule has 0 aliphatic carbocycles. The molecule has 12 heteroatoms. The summed E-state index contributed by atoms with van der Waals surface area (Å²) < 4.78 is 6.90. The molecule has 0 saturated heterocycles. The molecule has 0 fully saturated rings. The lowest BCUT2D eigenvalue weighted by Crippen LogP contribution is -2.33. The number of carbonyl (C=O) groups is 1. The van der Waals surface area contributed by atoms with E-state index < -0.39 is 28.1 Å². The van der Waals surface area contributed by atoms with Crippen molar-refractivity contribution in [2.75, 3.05) is 0 Å². The van der Waals surface area contributed by atoms with Crippen LogP contribution in [0.5, 0.6) is 17.4 Å². The van der Waals surface area contributed by atoms with E-state index in [0.717, 1.165) is 28.2 Å². The Morgan fingerprint density at radius 2 is 1.89 bits per heavy atom. The molecule has 1 unspecified atom stereocenters. The number of fused-ring (bicyclic) bond motifs is 2. The number of thioether (sulfide) groups is 1. The first kappa shape index (κ1) is 25.1. The number of benzene rings is 2. The van der Waals surface area contributed by atoms with Crippen molar-refractivity contribution in [1.29, 1.82) is 0 Å². The van der Waals surface area contributed by atoms with E-state index in [1.165, 1.54) is 12.1 Å². The molecule has 194 valence electrons. The molecular formula is C26H23N5O6S. The number of pyridine rings is 1. The maximum atomic E-state index is 13.3. The van der Waals surface area contributed by atoms with Crippen molar-refractivity contribution in [2.45, 2.75) is 30.3 Å². The number of phenolic OH excluding ortho intramolecular Hbond substituents is 1. The van der Waals surface area contributed by atoms with Gasteiger partial charge in [0.15, 0.2) is 11.0 Å². The number of aromatic nitrogens is 4. The minimum absolute atomic E-state index is 0.181. The molecule has 11 nitrogen and oxygen atoms in total. The van der Waals surface area contributed by atoms with Gasteiger partial charge in [0.05, 0.1) is 5.52 Å². The Hall–Kier alpha value is -4.58. The van der Waals surface area contributed by atoms with Gasteiger partial charge in [-0.25, -0.2) is 0 Å². The highest BCUT2D eigenvalue weighted by molar-refractivity contribution is 8.00. The van der Waals surface area contributed by atoms with Crippen molar-refractivity contribution >= 4 is 39.5 Å². The molecule has 0 bridgehead atoms. The average Bonchev–Trinajstić information content (AvgIpc) is 3.24. The molecule has 3 heterocycles. The van der Waals surface area contributed by atoms with Crippen LogP contribution in [0.1, 0.15) is 24.7 Å². The summed E-state index contributed by atoms with van der Waals surface area (Å²) in [6.45, 7) is 3.62. The number of amides is 1. The summed E-state index contributed by atoms with van der Waals surface area (Å²) in [6, 6.07) is 12.0. The largest absolute Gasteiger partial charge is 0.507 e. The Bertz CT molecular complexity index is 1760. The summed E-state index contributed by atoms with van der Waals surface area (Å²) in [5, 5.41) is 41.7. The lowest BCUT2D eigenvalue weighted by molar-refractivity contribution is -0.121. The number of carbonyl (C=O) groups excluding carboxylic acids is 1. The minimum Gasteiger partial charge on any atom is -0.507 e. The fourth-order valence-corrected chi connectivity index (χ4v) is 5.06. The molecule has 0 aliphatic heterocycles. The molecule has 1 amide bonds. The van der Waals surface area contributed by atoms with Crippen molar-refractivity contribution in [3.8, 4) is 28.8 Å². The van der Waals surface area contributed by atoms with Crippen molar-refractivity contribution in [3.05, 3.63) is 64.4 Å². The fourth-order valence-electron chi connectivity index (χ4n) is 4.07. The van der Waals surface area contributed by atoms with Crippen LogP contribution in [-0.2, 0) is 11.8 Å². The van der Waals surface area contributed by atoms with Gasteiger partial charge in [-0.3, -0.25) is 14.6 Å². The quantitative estimate of drug-likeness (QED) is 0.237. The molecule has 38 heavy (non-hydrogen) atoms. The van der Waals surface area contributed by atoms with Gasteiger partial charge < -0.3 is 29.6 Å². The molecular weight excluding hydrogens is 510 g/mol. The summed E-state index contributed by atoms with van der Waals surface area (Å²) in [4.78, 5) is 29.9. The zero-order valence-corrected chi connectivity index (χ0v) is 21.4. The Morgan fingerprint density at radius 3 is 2.66 bits per heavy atom. The first-order chi connectivity index (χ1) is 18.1. The lowest BCUT2D eigenvalue weighted by Gasteiger charge is -2.19. The molecule has 0 spiro atoms. The van der Waals surface area contributed by atoms with E-state index in [1.54, 1.807) is 17.8 Å². The molecule has 1 atom stereocenters. The summed E-state index contributed by atoms with van der Waals surface area (Å²) in [5.41, 5.74) is 0.767. The van der Waals surface area contributed by atoms with Crippen LogP contribution in [0, 0.1) is 0 Å². The first-order valence-corrected chi connectivity index (χ1v) is 12.4. The van der Waals surface area contributed by atoms with Crippen LogP contribution in [0.4, 0.5) is 0 Å². The van der Waals surface area contributed by atoms with E-state index in [0.29, 0.717) is 11.0 Å². The van der Waals surface area contributed by atoms with Gasteiger partial charge in [-0.2, -0.15) is 0 Å². The zero-order chi connectivity index (χ0) is 27.1. The standard InChI is InChI=1S/C26H23N5O6S/c1-12(2)28-24(35)22(15-10-17(32)19-18(11-15)37-25(36)21(34)20(19)33)38-26-30-29-23(31(26)3)14-6-7-16-13(9-14)5-4-8-27-16/h4-12,22,32,34,36H,1-3H3,(H,28,35). The van der Waals surface area contributed by atoms with Gasteiger partial charge in [-0.15, -0.1) is 10.2 Å². The second-order valence-corrected chi connectivity index (χ2v) is 10.0. The summed E-state index contributed by atoms with van der Waals surface area (Å²) >= 11 is 1.09. The molecule has 2 aromatic carbocycles. The van der Waals surface area contributed by atoms with Crippen LogP contribution < -0.4 is 10.7 Å². The topological polar surface area (TPSA) is 164 Å². The van der Waals surface area contributed by atoms with E-state index >= 15 is 0 Å². The third-order valence-corrected chi connectivity index (χ3v) is 7.13. The molecule has 0 saturated carbocycles. The SMILES string of the molecule is CC(C)NC(=O)C(Sc1nnc(-c2ccc3ncccc3c2)n1C)c1cc(O)c2c(=O)c(O)c(O)oc2c1. The van der Waals surface area contributed by atoms with Crippen LogP contribution in [-0.4, -0.2) is 47.0 Å². The molecule has 0 radical (unpaired) electrons. The fraction of sp³-hybridized carbons (Fsp3) is 0.192. The van der Waals surface area contributed by atoms with Crippen LogP contribution in [0.2, 0.25) is 0 Å². The lowest BCUT2D eigenvalue weighted by atomic mass is 10.1. The Labute approximate surface area is 219 Å². The van der Waals surface area contributed by atoms with E-state index in [1.807, 2.05) is 44.2 Å². The number of phenols is 1. The number of hydrogen-bond acceptors (Lipinski definition) is 10. The van der Waals surface area contributed by atoms with Crippen LogP contribution in [0.15, 0.2) is 63.0 Å². The van der Waals surface area contributed by atoms with Crippen LogP contribution in [0.3, 0.4) is 0 Å². The average molecular weight is 534 g/mol. The van der Waals surface area contributed by atoms with Gasteiger partial charge in [-0.05, 0) is 55.8 Å². The van der Waals surface area contributed by atoms with Gasteiger partial charge in [0.2, 0.25) is 17.1 Å². The highest BCUT2D eigenvalue weighted by Gasteiger charge is 2.28. The van der Waals surface area contributed by atoms with Crippen LogP contribution >= 0.6 is 11.8 Å². The van der Waals surface area contributed by atoms with E-state index in [-0.39, 0.29) is 28.5 Å². The predicted molar refractivity (Wildman–Crippen MR) is 141 cm³/mol. The first-order valence-electron chi connectivity index (χ1n) is 11.6. The third kappa shape index (κ3) is 4.50. The summed E-state index contributed by atoms with van der Waals surface area (Å²) in [7, 11) is 1.78. The number of rotatable bonds is 6. The molecule has 5 rings (SSSR count). The van der Waals surface area contributed by atoms with E-state index in [2.05, 4.69) is 20.5 Å². The molecule has 0 aliphatic rings. The van der Waals surface area contributed by atoms with Gasteiger partial charge in [0.1, 0.15) is 22.0 Å². The maximum Gasteiger partial charge on any atom is 0.330 e. The number of hydrogen-bond donors (Lipinski definition) is 4. The second-order valence-electron chi connectivity index (χ2n) is 8.94. The van der Waals surface area contributed by atoms with Crippen molar-refractivity contribution in [3.63, 3.8) is 0 Å². The summed E-state index contributed by atoms with van der Waals surface area (Å²) in [5.74, 6) is -2.31. The Balaban J connectivity index is 1.57. The number of nitrogens with one attached hydrogen (secondary N) is 1. The van der Waals surface area contributed by atoms with Crippen LogP contribution in [0.25, 0.3) is 33.3 Å². The highest BCUT2D eigenvalue weighted by atomic mass is 32.2. The van der Waals surface area contributed by atoms with Crippen molar-refractivity contribution < 1.29 is 24.5 Å². The number of nitrogens with zero attached hydrogens (tertiary/aromatic N) is 4. The minimum atomic E-state index is -1.01. The Morgan fingerprint density at radius 1 is 1.11 bits per heavy atom. The normalized spacial score (nSPS) is 12.3. The summed E-state index contributed by atoms with van der Waals surface area (Å²) in [6.07, 6.45) is 1.72. The van der Waals surface area contributed by atoms with Gasteiger partial charge in [-0.1, -0.05) is 17.8 Å². The smallest absolute Gasteiger partial charge is 0.330 e. The van der Waals surface area contributed by atoms with Gasteiger partial charge in [0, 0.05) is 30.2 Å². The van der Waals surface area contributed by atoms with Crippen molar-refractivity contribution in [1.82, 2.24) is 25.1 Å². The van der Waals surface area contributed by atoms with Gasteiger partial charge in [0.25, 0.3) is 0 Å². The number of aromatic hydroxyl groups is 3. The molecule has 3 aromatic heterocycles. The van der Waals surface area contributed by atoms with E-state index in [9.17, 15) is 24.9 Å². The Kier molecular flexibility index (Phi) is 6.41. The van der Waals surface area contributed by atoms with Gasteiger partial charge >= 0.3 is 5.95 Å².